The second kappa shape index (κ2) is 6.07. The summed E-state index contributed by atoms with van der Waals surface area (Å²) in [7, 11) is -1.03. The summed E-state index contributed by atoms with van der Waals surface area (Å²) in [5.74, 6) is 0.0244. The minimum Gasteiger partial charge on any atom is -0.363 e. The summed E-state index contributed by atoms with van der Waals surface area (Å²) in [6, 6.07) is 3.03. The predicted molar refractivity (Wildman–Crippen MR) is 67.6 cm³/mol. The number of anilines is 1. The normalized spacial score (nSPS) is 13.4. The van der Waals surface area contributed by atoms with Gasteiger partial charge < -0.3 is 5.32 Å². The van der Waals surface area contributed by atoms with Crippen LogP contribution in [-0.2, 0) is 10.8 Å². The lowest BCUT2D eigenvalue weighted by Crippen LogP contribution is -2.21. The van der Waals surface area contributed by atoms with Crippen molar-refractivity contribution >= 4 is 22.3 Å². The van der Waals surface area contributed by atoms with E-state index in [1.807, 2.05) is 0 Å². The first-order valence-corrected chi connectivity index (χ1v) is 6.69. The lowest BCUT2D eigenvalue weighted by atomic mass is 10.2. The molecule has 7 nitrogen and oxygen atoms in total. The number of nitrogens with zero attached hydrogens (tertiary/aromatic N) is 3. The molecule has 8 heteroatoms. The molecule has 0 aliphatic rings. The van der Waals surface area contributed by atoms with Crippen LogP contribution in [0.1, 0.15) is 12.5 Å². The van der Waals surface area contributed by atoms with Gasteiger partial charge in [-0.2, -0.15) is 5.26 Å². The summed E-state index contributed by atoms with van der Waals surface area (Å²) in [5.41, 5.74) is -0.406. The van der Waals surface area contributed by atoms with Crippen LogP contribution in [0.2, 0.25) is 0 Å². The topological polar surface area (TPSA) is 109 Å². The molecule has 96 valence electrons. The minimum atomic E-state index is -1.03. The average molecular weight is 268 g/mol. The molecule has 1 rings (SSSR count). The molecule has 0 saturated carbocycles. The van der Waals surface area contributed by atoms with Crippen LogP contribution >= 0.6 is 0 Å². The molecule has 0 amide bonds. The molecule has 0 fully saturated rings. The molecule has 0 radical (unpaired) electrons. The Bertz CT molecular complexity index is 526. The Hall–Kier alpha value is -2.01. The highest BCUT2D eigenvalue weighted by Crippen LogP contribution is 2.25. The molecule has 1 heterocycles. The molecule has 0 saturated heterocycles. The predicted octanol–water partition coefficient (Wildman–Crippen LogP) is 1.04. The molecule has 1 N–H and O–H groups in total. The number of nitro groups is 1. The molecule has 0 aliphatic heterocycles. The van der Waals surface area contributed by atoms with Crippen LogP contribution in [0.3, 0.4) is 0 Å². The molecule has 1 aromatic heterocycles. The monoisotopic (exact) mass is 268 g/mol. The first kappa shape index (κ1) is 14.1. The van der Waals surface area contributed by atoms with Crippen molar-refractivity contribution in [2.75, 3.05) is 18.1 Å². The van der Waals surface area contributed by atoms with Gasteiger partial charge in [0, 0.05) is 35.0 Å². The highest BCUT2D eigenvalue weighted by Gasteiger charge is 2.21. The second-order valence-electron chi connectivity index (χ2n) is 3.61. The number of nitrogens with one attached hydrogen (secondary N) is 1. The molecule has 2 atom stereocenters. The van der Waals surface area contributed by atoms with Crippen LogP contribution in [-0.4, -0.2) is 32.2 Å². The summed E-state index contributed by atoms with van der Waals surface area (Å²) in [4.78, 5) is 14.1. The quantitative estimate of drug-likeness (QED) is 0.631. The van der Waals surface area contributed by atoms with E-state index < -0.39 is 15.7 Å². The number of nitriles is 1. The Morgan fingerprint density at radius 1 is 1.72 bits per heavy atom. The maximum atomic E-state index is 11.2. The lowest BCUT2D eigenvalue weighted by molar-refractivity contribution is -0.384. The van der Waals surface area contributed by atoms with Gasteiger partial charge in [-0.3, -0.25) is 14.3 Å². The van der Waals surface area contributed by atoms with Gasteiger partial charge >= 0.3 is 5.69 Å². The Morgan fingerprint density at radius 2 is 2.39 bits per heavy atom. The fourth-order valence-corrected chi connectivity index (χ4v) is 1.53. The van der Waals surface area contributed by atoms with E-state index in [-0.39, 0.29) is 28.9 Å². The fourth-order valence-electron chi connectivity index (χ4n) is 1.22. The largest absolute Gasteiger partial charge is 0.363 e. The highest BCUT2D eigenvalue weighted by atomic mass is 32.2. The van der Waals surface area contributed by atoms with E-state index in [1.165, 1.54) is 12.3 Å². The smallest absolute Gasteiger partial charge is 0.328 e. The Morgan fingerprint density at radius 3 is 2.89 bits per heavy atom. The van der Waals surface area contributed by atoms with Crippen LogP contribution in [0.25, 0.3) is 0 Å². The third-order valence-electron chi connectivity index (χ3n) is 2.35. The van der Waals surface area contributed by atoms with E-state index in [0.717, 1.165) is 0 Å². The Labute approximate surface area is 106 Å². The fraction of sp³-hybridized carbons (Fsp3) is 0.400. The maximum Gasteiger partial charge on any atom is 0.328 e. The van der Waals surface area contributed by atoms with E-state index >= 15 is 0 Å². The zero-order chi connectivity index (χ0) is 13.7. The zero-order valence-corrected chi connectivity index (χ0v) is 10.7. The van der Waals surface area contributed by atoms with E-state index in [4.69, 9.17) is 5.26 Å². The van der Waals surface area contributed by atoms with Gasteiger partial charge in [0.25, 0.3) is 0 Å². The Balaban J connectivity index is 2.99. The average Bonchev–Trinajstić information content (AvgIpc) is 2.34. The Kier molecular flexibility index (Phi) is 4.74. The third-order valence-corrected chi connectivity index (χ3v) is 3.65. The molecule has 2 unspecified atom stereocenters. The van der Waals surface area contributed by atoms with Crippen molar-refractivity contribution in [2.45, 2.75) is 12.2 Å². The van der Waals surface area contributed by atoms with Gasteiger partial charge in [-0.15, -0.1) is 0 Å². The van der Waals surface area contributed by atoms with Gasteiger partial charge in [0.2, 0.25) is 5.82 Å². The van der Waals surface area contributed by atoms with Crippen molar-refractivity contribution in [1.82, 2.24) is 4.98 Å². The van der Waals surface area contributed by atoms with Crippen LogP contribution in [0.5, 0.6) is 0 Å². The third kappa shape index (κ3) is 3.24. The second-order valence-corrected chi connectivity index (χ2v) is 5.42. The van der Waals surface area contributed by atoms with Gasteiger partial charge in [-0.1, -0.05) is 0 Å². The van der Waals surface area contributed by atoms with Gasteiger partial charge in [-0.05, 0) is 13.0 Å². The van der Waals surface area contributed by atoms with Crippen molar-refractivity contribution in [3.63, 3.8) is 0 Å². The summed E-state index contributed by atoms with van der Waals surface area (Å²) in [6.45, 7) is 2.04. The standard InChI is InChI=1S/C10H12N4O3S/c1-7(18(2)17)6-13-10-9(14(15)16)8(5-11)3-4-12-10/h3-4,7H,6H2,1-2H3,(H,12,13). The van der Waals surface area contributed by atoms with E-state index in [2.05, 4.69) is 10.3 Å². The molecule has 0 spiro atoms. The number of hydrogen-bond donors (Lipinski definition) is 1. The minimum absolute atomic E-state index is 0.0244. The first-order valence-electron chi connectivity index (χ1n) is 5.07. The van der Waals surface area contributed by atoms with Crippen LogP contribution in [0.15, 0.2) is 12.3 Å². The van der Waals surface area contributed by atoms with Crippen LogP contribution in [0.4, 0.5) is 11.5 Å². The summed E-state index contributed by atoms with van der Waals surface area (Å²) < 4.78 is 11.2. The molecule has 18 heavy (non-hydrogen) atoms. The highest BCUT2D eigenvalue weighted by molar-refractivity contribution is 7.84. The van der Waals surface area contributed by atoms with E-state index in [0.29, 0.717) is 0 Å². The number of aromatic nitrogens is 1. The molecule has 0 bridgehead atoms. The molecule has 0 aliphatic carbocycles. The van der Waals surface area contributed by atoms with Crippen molar-refractivity contribution < 1.29 is 9.13 Å². The summed E-state index contributed by atoms with van der Waals surface area (Å²) in [6.07, 6.45) is 2.88. The molecular formula is C10H12N4O3S. The van der Waals surface area contributed by atoms with Gasteiger partial charge in [0.15, 0.2) is 0 Å². The first-order chi connectivity index (χ1) is 8.47. The number of hydrogen-bond acceptors (Lipinski definition) is 6. The maximum absolute atomic E-state index is 11.2. The number of rotatable bonds is 5. The zero-order valence-electron chi connectivity index (χ0n) is 9.91. The lowest BCUT2D eigenvalue weighted by Gasteiger charge is -2.10. The van der Waals surface area contributed by atoms with Gasteiger partial charge in [0.1, 0.15) is 11.6 Å². The van der Waals surface area contributed by atoms with E-state index in [1.54, 1.807) is 19.2 Å². The van der Waals surface area contributed by atoms with Crippen molar-refractivity contribution in [1.29, 1.82) is 5.26 Å². The summed E-state index contributed by atoms with van der Waals surface area (Å²) >= 11 is 0. The van der Waals surface area contributed by atoms with Crippen molar-refractivity contribution in [3.05, 3.63) is 27.9 Å². The van der Waals surface area contributed by atoms with Crippen LogP contribution in [0, 0.1) is 21.4 Å². The number of pyridine rings is 1. The van der Waals surface area contributed by atoms with Crippen molar-refractivity contribution in [3.8, 4) is 6.07 Å². The van der Waals surface area contributed by atoms with Crippen molar-refractivity contribution in [2.24, 2.45) is 0 Å². The summed E-state index contributed by atoms with van der Waals surface area (Å²) in [5, 5.41) is 22.3. The SMILES string of the molecule is CC(CNc1nccc(C#N)c1[N+](=O)[O-])S(C)=O. The van der Waals surface area contributed by atoms with E-state index in [9.17, 15) is 14.3 Å². The molecule has 1 aromatic rings. The van der Waals surface area contributed by atoms with Gasteiger partial charge in [0.05, 0.1) is 4.92 Å². The molecular weight excluding hydrogens is 256 g/mol. The van der Waals surface area contributed by atoms with Gasteiger partial charge in [-0.25, -0.2) is 4.98 Å². The van der Waals surface area contributed by atoms with Crippen LogP contribution < -0.4 is 5.32 Å². The molecule has 0 aromatic carbocycles.